The summed E-state index contributed by atoms with van der Waals surface area (Å²) in [7, 11) is 7.20. The third kappa shape index (κ3) is 18.8. The number of nitrogens with zero attached hydrogens (tertiary/aromatic N) is 4. The van der Waals surface area contributed by atoms with Crippen molar-refractivity contribution < 1.29 is 53.9 Å². The topological polar surface area (TPSA) is 15.5 Å². The number of pyridine rings is 4. The predicted octanol–water partition coefficient (Wildman–Crippen LogP) is 18.0. The Morgan fingerprint density at radius 2 is 0.634 bits per heavy atom. The van der Waals surface area contributed by atoms with Gasteiger partial charge in [-0.2, -0.15) is 0 Å². The maximum atomic E-state index is 8.67. The van der Waals surface area contributed by atoms with E-state index in [4.69, 9.17) is 35.6 Å². The molecule has 0 aliphatic carbocycles. The zero-order chi connectivity index (χ0) is 83.5. The van der Waals surface area contributed by atoms with E-state index in [1.807, 2.05) is 122 Å². The minimum absolute atomic E-state index is 0.0192. The largest absolute Gasteiger partial charge is 0.212 e. The molecule has 4 heteroatoms. The van der Waals surface area contributed by atoms with Crippen LogP contribution in [-0.4, -0.2) is 0 Å². The Morgan fingerprint density at radius 1 is 0.341 bits per heavy atom. The molecule has 4 aromatic heterocycles. The summed E-state index contributed by atoms with van der Waals surface area (Å²) in [5.74, 6) is -0.550. The molecular formula is C78H108N4+4. The fraction of sp³-hybridized carbons (Fsp3) is 0.436. The number of aromatic nitrogens is 4. The van der Waals surface area contributed by atoms with Gasteiger partial charge in [-0.15, -0.1) is 0 Å². The lowest BCUT2D eigenvalue weighted by atomic mass is 9.86. The lowest BCUT2D eigenvalue weighted by Gasteiger charge is -2.19. The first-order valence-electron chi connectivity index (χ1n) is 41.0. The summed E-state index contributed by atoms with van der Waals surface area (Å²) in [5, 5.41) is 0. The molecule has 0 amide bonds. The van der Waals surface area contributed by atoms with E-state index >= 15 is 0 Å². The summed E-state index contributed by atoms with van der Waals surface area (Å²) < 4.78 is 213. The lowest BCUT2D eigenvalue weighted by Crippen LogP contribution is -2.32. The maximum absolute atomic E-state index is 8.67. The molecule has 0 saturated heterocycles. The van der Waals surface area contributed by atoms with Crippen molar-refractivity contribution in [3.05, 3.63) is 211 Å². The third-order valence-electron chi connectivity index (χ3n) is 13.4. The molecule has 0 bridgehead atoms. The standard InChI is InChI=1S/2C20H28N.2C19H26N/c1-14-8-9-18(16(3)10-14)19-11-15(2)17(13-21(19)7)12-20(4,5)6;1-14-8-9-18(15(2)10-14)19-11-17(12-20(4,5)6)16(3)13-21(19)7;1-13(2)9-17-12-20(6)19(11-15(17)4)18-8-7-14(3)10-16(18)5;1-13(2)9-17-11-19(20(6)12-16(17)5)18-8-7-14(3)10-15(18)4/h2*8-11,13H,12H2,1-7H3;2*7-8,10-13H,9H2,1-6H3/q4*+1/i1D3,12D2;1D3,3D3,12D2;3D3,9D2;3D3,5D3,9D2. The third-order valence-corrected chi connectivity index (χ3v) is 13.4. The fourth-order valence-corrected chi connectivity index (χ4v) is 9.61. The summed E-state index contributed by atoms with van der Waals surface area (Å²) in [6.07, 6.45) is 0.0156. The number of aryl methyl sites for hydroxylation is 16. The van der Waals surface area contributed by atoms with Gasteiger partial charge in [0, 0.05) is 104 Å². The molecule has 0 radical (unpaired) electrons. The van der Waals surface area contributed by atoms with Crippen LogP contribution < -0.4 is 18.3 Å². The first kappa shape index (κ1) is 37.6. The van der Waals surface area contributed by atoms with E-state index in [1.165, 1.54) is 24.5 Å². The van der Waals surface area contributed by atoms with Crippen molar-refractivity contribution >= 4 is 0 Å². The summed E-state index contributed by atoms with van der Waals surface area (Å²) in [6, 6.07) is 27.1. The van der Waals surface area contributed by atoms with Gasteiger partial charge in [-0.05, 0) is 200 Å². The summed E-state index contributed by atoms with van der Waals surface area (Å²) in [4.78, 5) is 0. The first-order valence-corrected chi connectivity index (χ1v) is 28.0. The number of benzene rings is 4. The van der Waals surface area contributed by atoms with Crippen molar-refractivity contribution in [1.82, 2.24) is 0 Å². The number of rotatable bonds is 10. The molecule has 4 aromatic carbocycles. The van der Waals surface area contributed by atoms with Gasteiger partial charge in [-0.1, -0.05) is 140 Å². The number of hydrogen-bond donors (Lipinski definition) is 0. The second-order valence-electron chi connectivity index (χ2n) is 24.4. The van der Waals surface area contributed by atoms with Crippen LogP contribution in [0.2, 0.25) is 0 Å². The van der Waals surface area contributed by atoms with Gasteiger partial charge in [0.25, 0.3) is 0 Å². The van der Waals surface area contributed by atoms with Crippen LogP contribution in [0.25, 0.3) is 45.0 Å². The molecule has 0 fully saturated rings. The molecule has 0 aliphatic heterocycles. The first-order chi connectivity index (χ1) is 48.4. The summed E-state index contributed by atoms with van der Waals surface area (Å²) in [5.41, 5.74) is 12.8. The van der Waals surface area contributed by atoms with Crippen LogP contribution in [0.4, 0.5) is 0 Å². The molecular weight excluding hydrogens is 993 g/mol. The van der Waals surface area contributed by atoms with Gasteiger partial charge in [0.05, 0.1) is 0 Å². The SMILES string of the molecule is [2H]C([2H])([2H])c1ccc(-c2cc(C([2H])([2H])C(C)(C)C)c(C([2H])([2H])[2H])c[n+]2C)c(C)c1.[2H]C([2H])([2H])c1ccc(-c2cc(C([2H])([2H])C(C)C)c(C([2H])([2H])[2H])c[n+]2C)c(C)c1.[2H]C([2H])([2H])c1ccc(-c2cc(C)c(C([2H])([2H])C(C)(C)C)c[n+]2C)c(C)c1.[2H]C([2H])([2H])c1ccc(-c2cc(C)c(C([2H])([2H])C(C)C)c[n+]2C)c(C)c1. The number of hydrogen-bond acceptors (Lipinski definition) is 0. The zero-order valence-corrected chi connectivity index (χ0v) is 52.5. The van der Waals surface area contributed by atoms with Gasteiger partial charge >= 0.3 is 0 Å². The molecule has 8 rings (SSSR count). The van der Waals surface area contributed by atoms with Crippen molar-refractivity contribution in [2.45, 2.75) is 177 Å². The Kier molecular flexibility index (Phi) is 12.9. The average molecular weight is 1130 g/mol. The molecule has 0 unspecified atom stereocenters. The molecule has 4 heterocycles. The van der Waals surface area contributed by atoms with E-state index in [9.17, 15) is 0 Å². The monoisotopic (exact) mass is 1130 g/mol. The van der Waals surface area contributed by atoms with Gasteiger partial charge in [-0.25, -0.2) is 18.3 Å². The highest BCUT2D eigenvalue weighted by Crippen LogP contribution is 2.30. The normalized spacial score (nSPS) is 17.8. The molecule has 4 nitrogen and oxygen atoms in total. The summed E-state index contributed by atoms with van der Waals surface area (Å²) >= 11 is 0. The van der Waals surface area contributed by atoms with Crippen LogP contribution in [0, 0.1) is 105 Å². The molecule has 436 valence electrons. The van der Waals surface area contributed by atoms with E-state index < -0.39 is 83.4 Å². The smallest absolute Gasteiger partial charge is 0.201 e. The molecule has 0 aliphatic rings. The average Bonchev–Trinajstić information content (AvgIpc) is 0.758. The molecule has 0 atom stereocenters. The van der Waals surface area contributed by atoms with Crippen LogP contribution in [-0.2, 0) is 53.7 Å². The minimum atomic E-state index is -2.47. The fourth-order valence-electron chi connectivity index (χ4n) is 9.61. The maximum Gasteiger partial charge on any atom is 0.212 e. The highest BCUT2D eigenvalue weighted by atomic mass is 14.9. The highest BCUT2D eigenvalue weighted by molar-refractivity contribution is 5.65. The van der Waals surface area contributed by atoms with Crippen LogP contribution >= 0.6 is 0 Å². The van der Waals surface area contributed by atoms with Crippen LogP contribution in [0.3, 0.4) is 0 Å². The Hall–Kier alpha value is -6.52. The van der Waals surface area contributed by atoms with Crippen LogP contribution in [0.5, 0.6) is 0 Å². The van der Waals surface area contributed by atoms with E-state index in [1.54, 1.807) is 132 Å². The minimum Gasteiger partial charge on any atom is -0.201 e. The van der Waals surface area contributed by atoms with Gasteiger partial charge in [-0.3, -0.25) is 0 Å². The lowest BCUT2D eigenvalue weighted by molar-refractivity contribution is -0.661. The Balaban J connectivity index is 0.000000258. The Morgan fingerprint density at radius 3 is 0.963 bits per heavy atom. The highest BCUT2D eigenvalue weighted by Gasteiger charge is 2.23. The van der Waals surface area contributed by atoms with E-state index in [0.717, 1.165) is 67.0 Å². The van der Waals surface area contributed by atoms with E-state index in [2.05, 4.69) is 0 Å². The quantitative estimate of drug-likeness (QED) is 0.121. The van der Waals surface area contributed by atoms with Crippen molar-refractivity contribution in [1.29, 1.82) is 0 Å². The summed E-state index contributed by atoms with van der Waals surface area (Å²) in [6.45, 7) is 15.8. The van der Waals surface area contributed by atoms with Crippen molar-refractivity contribution in [2.24, 2.45) is 50.9 Å². The second kappa shape index (κ2) is 28.2. The zero-order valence-electron chi connectivity index (χ0n) is 78.5. The molecule has 0 N–H and O–H groups in total. The van der Waals surface area contributed by atoms with E-state index in [0.29, 0.717) is 33.6 Å². The van der Waals surface area contributed by atoms with Crippen molar-refractivity contribution in [2.75, 3.05) is 0 Å². The van der Waals surface area contributed by atoms with Gasteiger partial charge in [0.1, 0.15) is 28.2 Å². The molecule has 8 aromatic rings. The van der Waals surface area contributed by atoms with Gasteiger partial charge < -0.3 is 0 Å². The van der Waals surface area contributed by atoms with Crippen LogP contribution in [0.15, 0.2) is 122 Å². The molecule has 0 saturated carbocycles. The molecule has 0 spiro atoms. The molecule has 82 heavy (non-hydrogen) atoms. The van der Waals surface area contributed by atoms with Gasteiger partial charge in [0.15, 0.2) is 24.8 Å². The second-order valence-corrected chi connectivity index (χ2v) is 24.4. The van der Waals surface area contributed by atoms with Crippen molar-refractivity contribution in [3.8, 4) is 45.0 Å². The Labute approximate surface area is 537 Å². The predicted molar refractivity (Wildman–Crippen MR) is 352 cm³/mol. The van der Waals surface area contributed by atoms with Crippen molar-refractivity contribution in [3.63, 3.8) is 0 Å². The van der Waals surface area contributed by atoms with Crippen LogP contribution in [0.1, 0.15) is 194 Å². The Bertz CT molecular complexity index is 4570. The van der Waals surface area contributed by atoms with Gasteiger partial charge in [0.2, 0.25) is 22.8 Å². The van der Waals surface area contributed by atoms with E-state index in [-0.39, 0.29) is 39.3 Å².